The summed E-state index contributed by atoms with van der Waals surface area (Å²) >= 11 is 0. The molecule has 1 aromatic heterocycles. The van der Waals surface area contributed by atoms with Crippen LogP contribution in [0.3, 0.4) is 0 Å². The Bertz CT molecular complexity index is 596. The lowest BCUT2D eigenvalue weighted by molar-refractivity contribution is 0.326. The third-order valence-electron chi connectivity index (χ3n) is 3.49. The predicted molar refractivity (Wildman–Crippen MR) is 91.8 cm³/mol. The van der Waals surface area contributed by atoms with Gasteiger partial charge in [-0.25, -0.2) is 4.98 Å². The highest BCUT2D eigenvalue weighted by Crippen LogP contribution is 2.28. The van der Waals surface area contributed by atoms with Crippen LogP contribution in [0, 0.1) is 5.92 Å². The SMILES string of the molecule is C=CCOc1ccc(CNCC(C)Cn2ccnc2)cc1OC. The van der Waals surface area contributed by atoms with Crippen molar-refractivity contribution < 1.29 is 9.47 Å². The van der Waals surface area contributed by atoms with Crippen LogP contribution in [0.2, 0.25) is 0 Å². The fraction of sp³-hybridized carbons (Fsp3) is 0.389. The lowest BCUT2D eigenvalue weighted by Crippen LogP contribution is -2.23. The molecule has 0 radical (unpaired) electrons. The Morgan fingerprint density at radius 1 is 1.39 bits per heavy atom. The third-order valence-corrected chi connectivity index (χ3v) is 3.49. The molecule has 23 heavy (non-hydrogen) atoms. The zero-order valence-corrected chi connectivity index (χ0v) is 13.9. The molecule has 0 aliphatic carbocycles. The van der Waals surface area contributed by atoms with E-state index < -0.39 is 0 Å². The van der Waals surface area contributed by atoms with Crippen molar-refractivity contribution >= 4 is 0 Å². The molecule has 0 bridgehead atoms. The van der Waals surface area contributed by atoms with E-state index in [-0.39, 0.29) is 0 Å². The van der Waals surface area contributed by atoms with Crippen LogP contribution < -0.4 is 14.8 Å². The van der Waals surface area contributed by atoms with Gasteiger partial charge in [-0.2, -0.15) is 0 Å². The van der Waals surface area contributed by atoms with Crippen molar-refractivity contribution in [2.24, 2.45) is 5.92 Å². The number of imidazole rings is 1. The molecule has 1 aromatic carbocycles. The highest BCUT2D eigenvalue weighted by molar-refractivity contribution is 5.43. The van der Waals surface area contributed by atoms with Gasteiger partial charge in [0.1, 0.15) is 6.61 Å². The minimum absolute atomic E-state index is 0.472. The molecular weight excluding hydrogens is 290 g/mol. The highest BCUT2D eigenvalue weighted by Gasteiger charge is 2.06. The molecule has 0 saturated carbocycles. The summed E-state index contributed by atoms with van der Waals surface area (Å²) in [6.45, 7) is 9.05. The van der Waals surface area contributed by atoms with Gasteiger partial charge in [0.2, 0.25) is 0 Å². The topological polar surface area (TPSA) is 48.3 Å². The van der Waals surface area contributed by atoms with Crippen LogP contribution in [0.25, 0.3) is 0 Å². The van der Waals surface area contributed by atoms with Crippen molar-refractivity contribution in [1.29, 1.82) is 0 Å². The molecule has 2 rings (SSSR count). The number of benzene rings is 1. The first-order valence-electron chi connectivity index (χ1n) is 7.80. The van der Waals surface area contributed by atoms with Gasteiger partial charge in [-0.3, -0.25) is 0 Å². The third kappa shape index (κ3) is 5.45. The van der Waals surface area contributed by atoms with Crippen LogP contribution in [0.4, 0.5) is 0 Å². The lowest BCUT2D eigenvalue weighted by Gasteiger charge is -2.14. The van der Waals surface area contributed by atoms with Crippen molar-refractivity contribution in [1.82, 2.24) is 14.9 Å². The lowest BCUT2D eigenvalue weighted by atomic mass is 10.1. The summed E-state index contributed by atoms with van der Waals surface area (Å²) in [6, 6.07) is 5.99. The average molecular weight is 315 g/mol. The Kier molecular flexibility index (Phi) is 6.69. The maximum absolute atomic E-state index is 5.56. The van der Waals surface area contributed by atoms with Gasteiger partial charge in [0.25, 0.3) is 0 Å². The van der Waals surface area contributed by atoms with E-state index in [1.54, 1.807) is 13.2 Å². The Balaban J connectivity index is 1.81. The van der Waals surface area contributed by atoms with E-state index in [4.69, 9.17) is 9.47 Å². The highest BCUT2D eigenvalue weighted by atomic mass is 16.5. The molecule has 0 saturated heterocycles. The fourth-order valence-electron chi connectivity index (χ4n) is 2.37. The molecule has 1 atom stereocenters. The molecule has 0 amide bonds. The first-order valence-corrected chi connectivity index (χ1v) is 7.80. The monoisotopic (exact) mass is 315 g/mol. The first kappa shape index (κ1) is 17.1. The van der Waals surface area contributed by atoms with Crippen LogP contribution in [0.15, 0.2) is 49.6 Å². The van der Waals surface area contributed by atoms with Crippen molar-refractivity contribution in [2.75, 3.05) is 20.3 Å². The summed E-state index contributed by atoms with van der Waals surface area (Å²) in [5.74, 6) is 2.02. The number of nitrogens with one attached hydrogen (secondary N) is 1. The van der Waals surface area contributed by atoms with Gasteiger partial charge in [0.05, 0.1) is 13.4 Å². The summed E-state index contributed by atoms with van der Waals surface area (Å²) in [7, 11) is 1.65. The number of hydrogen-bond acceptors (Lipinski definition) is 4. The summed E-state index contributed by atoms with van der Waals surface area (Å²) in [6.07, 6.45) is 7.37. The van der Waals surface area contributed by atoms with Gasteiger partial charge in [-0.05, 0) is 30.2 Å². The molecule has 1 heterocycles. The zero-order valence-electron chi connectivity index (χ0n) is 13.9. The standard InChI is InChI=1S/C18H25N3O2/c1-4-9-23-17-6-5-16(10-18(17)22-3)12-20-11-15(2)13-21-8-7-19-14-21/h4-8,10,14-15,20H,1,9,11-13H2,2-3H3. The van der Waals surface area contributed by atoms with Crippen LogP contribution in [0.5, 0.6) is 11.5 Å². The molecule has 5 nitrogen and oxygen atoms in total. The van der Waals surface area contributed by atoms with E-state index in [2.05, 4.69) is 34.4 Å². The van der Waals surface area contributed by atoms with Crippen molar-refractivity contribution in [3.05, 3.63) is 55.1 Å². The maximum atomic E-state index is 5.56. The van der Waals surface area contributed by atoms with E-state index in [1.165, 1.54) is 5.56 Å². The second-order valence-corrected chi connectivity index (χ2v) is 5.58. The maximum Gasteiger partial charge on any atom is 0.161 e. The van der Waals surface area contributed by atoms with E-state index in [9.17, 15) is 0 Å². The number of ether oxygens (including phenoxy) is 2. The second kappa shape index (κ2) is 9.00. The van der Waals surface area contributed by atoms with E-state index in [0.717, 1.165) is 31.1 Å². The number of hydrogen-bond donors (Lipinski definition) is 1. The smallest absolute Gasteiger partial charge is 0.161 e. The molecule has 0 aliphatic rings. The van der Waals surface area contributed by atoms with Crippen molar-refractivity contribution in [3.8, 4) is 11.5 Å². The number of methoxy groups -OCH3 is 1. The molecule has 5 heteroatoms. The number of rotatable bonds is 10. The molecule has 1 N–H and O–H groups in total. The Morgan fingerprint density at radius 3 is 2.96 bits per heavy atom. The summed E-state index contributed by atoms with van der Waals surface area (Å²) < 4.78 is 13.0. The van der Waals surface area contributed by atoms with Gasteiger partial charge in [-0.1, -0.05) is 25.6 Å². The molecular formula is C18H25N3O2. The van der Waals surface area contributed by atoms with E-state index >= 15 is 0 Å². The van der Waals surface area contributed by atoms with E-state index in [0.29, 0.717) is 12.5 Å². The van der Waals surface area contributed by atoms with Gasteiger partial charge < -0.3 is 19.4 Å². The molecule has 124 valence electrons. The summed E-state index contributed by atoms with van der Waals surface area (Å²) in [5.41, 5.74) is 1.17. The minimum atomic E-state index is 0.472. The van der Waals surface area contributed by atoms with Gasteiger partial charge in [0.15, 0.2) is 11.5 Å². The second-order valence-electron chi connectivity index (χ2n) is 5.58. The summed E-state index contributed by atoms with van der Waals surface area (Å²) in [4.78, 5) is 4.06. The van der Waals surface area contributed by atoms with Crippen LogP contribution in [-0.2, 0) is 13.1 Å². The first-order chi connectivity index (χ1) is 11.2. The van der Waals surface area contributed by atoms with Crippen molar-refractivity contribution in [3.63, 3.8) is 0 Å². The number of aromatic nitrogens is 2. The Morgan fingerprint density at radius 2 is 2.26 bits per heavy atom. The number of nitrogens with zero attached hydrogens (tertiary/aromatic N) is 2. The quantitative estimate of drug-likeness (QED) is 0.685. The Labute approximate surface area is 137 Å². The molecule has 0 spiro atoms. The van der Waals surface area contributed by atoms with Gasteiger partial charge in [-0.15, -0.1) is 0 Å². The Hall–Kier alpha value is -2.27. The van der Waals surface area contributed by atoms with Gasteiger partial charge in [0, 0.05) is 25.5 Å². The molecule has 0 fully saturated rings. The zero-order chi connectivity index (χ0) is 16.5. The molecule has 1 unspecified atom stereocenters. The fourth-order valence-corrected chi connectivity index (χ4v) is 2.37. The van der Waals surface area contributed by atoms with Crippen molar-refractivity contribution in [2.45, 2.75) is 20.0 Å². The van der Waals surface area contributed by atoms with Crippen LogP contribution in [0.1, 0.15) is 12.5 Å². The predicted octanol–water partition coefficient (Wildman–Crippen LogP) is 2.88. The molecule has 2 aromatic rings. The van der Waals surface area contributed by atoms with Gasteiger partial charge >= 0.3 is 0 Å². The average Bonchev–Trinajstić information content (AvgIpc) is 3.06. The van der Waals surface area contributed by atoms with Crippen LogP contribution in [-0.4, -0.2) is 29.8 Å². The molecule has 0 aliphatic heterocycles. The summed E-state index contributed by atoms with van der Waals surface area (Å²) in [5, 5.41) is 3.48. The largest absolute Gasteiger partial charge is 0.493 e. The van der Waals surface area contributed by atoms with E-state index in [1.807, 2.05) is 30.9 Å². The normalized spacial score (nSPS) is 11.9. The van der Waals surface area contributed by atoms with Crippen LogP contribution >= 0.6 is 0 Å². The minimum Gasteiger partial charge on any atom is -0.493 e.